The number of hydrogen-bond acceptors (Lipinski definition) is 2. The third-order valence-electron chi connectivity index (χ3n) is 3.03. The minimum absolute atomic E-state index is 0.0136. The molecule has 4 heteroatoms. The van der Waals surface area contributed by atoms with Crippen LogP contribution in [-0.2, 0) is 11.3 Å². The molecule has 19 heavy (non-hydrogen) atoms. The van der Waals surface area contributed by atoms with E-state index < -0.39 is 0 Å². The first-order valence-corrected chi connectivity index (χ1v) is 6.43. The summed E-state index contributed by atoms with van der Waals surface area (Å²) in [5, 5.41) is 2.74. The van der Waals surface area contributed by atoms with E-state index in [4.69, 9.17) is 5.73 Å². The van der Waals surface area contributed by atoms with Gasteiger partial charge >= 0.3 is 0 Å². The van der Waals surface area contributed by atoms with E-state index in [1.807, 2.05) is 0 Å². The van der Waals surface area contributed by atoms with Crippen molar-refractivity contribution in [2.75, 3.05) is 6.54 Å². The van der Waals surface area contributed by atoms with Crippen LogP contribution < -0.4 is 11.1 Å². The molecule has 0 bridgehead atoms. The smallest absolute Gasteiger partial charge is 0.220 e. The van der Waals surface area contributed by atoms with Crippen LogP contribution in [0.25, 0.3) is 0 Å². The van der Waals surface area contributed by atoms with E-state index in [2.05, 4.69) is 17.2 Å². The Kier molecular flexibility index (Phi) is 4.53. The Morgan fingerprint density at radius 3 is 2.95 bits per heavy atom. The predicted octanol–water partition coefficient (Wildman–Crippen LogP) is 1.55. The Labute approximate surface area is 112 Å². The van der Waals surface area contributed by atoms with Gasteiger partial charge in [0.25, 0.3) is 0 Å². The van der Waals surface area contributed by atoms with Crippen molar-refractivity contribution in [3.63, 3.8) is 0 Å². The van der Waals surface area contributed by atoms with Crippen LogP contribution in [0.5, 0.6) is 0 Å². The first-order valence-electron chi connectivity index (χ1n) is 6.43. The van der Waals surface area contributed by atoms with Crippen LogP contribution in [0.15, 0.2) is 18.2 Å². The summed E-state index contributed by atoms with van der Waals surface area (Å²) < 4.78 is 13.6. The van der Waals surface area contributed by atoms with Gasteiger partial charge < -0.3 is 11.1 Å². The number of rotatable bonds is 4. The van der Waals surface area contributed by atoms with Crippen molar-refractivity contribution in [3.05, 3.63) is 35.1 Å². The van der Waals surface area contributed by atoms with E-state index in [0.717, 1.165) is 12.8 Å². The summed E-state index contributed by atoms with van der Waals surface area (Å²) in [5.41, 5.74) is 6.45. The van der Waals surface area contributed by atoms with Crippen LogP contribution in [0, 0.1) is 23.6 Å². The van der Waals surface area contributed by atoms with Crippen LogP contribution >= 0.6 is 0 Å². The highest BCUT2D eigenvalue weighted by molar-refractivity contribution is 5.76. The summed E-state index contributed by atoms with van der Waals surface area (Å²) in [5.74, 6) is 5.76. The Morgan fingerprint density at radius 1 is 1.47 bits per heavy atom. The van der Waals surface area contributed by atoms with Gasteiger partial charge in [-0.05, 0) is 37.0 Å². The fraction of sp³-hybridized carbons (Fsp3) is 0.400. The zero-order chi connectivity index (χ0) is 13.7. The van der Waals surface area contributed by atoms with Gasteiger partial charge in [0.15, 0.2) is 0 Å². The molecule has 0 atom stereocenters. The standard InChI is InChI=1S/C15H17FN2O/c16-14-6-5-11(2-1-7-17)8-13(14)10-18-15(19)9-12-3-4-12/h5-6,8,12H,3-4,7,9-10,17H2,(H,18,19). The number of carbonyl (C=O) groups excluding carboxylic acids is 1. The minimum atomic E-state index is -0.329. The van der Waals surface area contributed by atoms with Gasteiger partial charge in [-0.3, -0.25) is 4.79 Å². The van der Waals surface area contributed by atoms with Crippen molar-refractivity contribution in [3.8, 4) is 11.8 Å². The predicted molar refractivity (Wildman–Crippen MR) is 71.5 cm³/mol. The van der Waals surface area contributed by atoms with Crippen molar-refractivity contribution in [2.24, 2.45) is 11.7 Å². The molecule has 1 fully saturated rings. The van der Waals surface area contributed by atoms with Crippen molar-refractivity contribution < 1.29 is 9.18 Å². The molecule has 1 aliphatic rings. The molecule has 0 aromatic heterocycles. The molecule has 0 radical (unpaired) electrons. The molecular formula is C15H17FN2O. The Morgan fingerprint density at radius 2 is 2.26 bits per heavy atom. The highest BCUT2D eigenvalue weighted by Crippen LogP contribution is 2.32. The second-order valence-corrected chi connectivity index (χ2v) is 4.74. The highest BCUT2D eigenvalue weighted by atomic mass is 19.1. The van der Waals surface area contributed by atoms with Crippen LogP contribution in [-0.4, -0.2) is 12.5 Å². The van der Waals surface area contributed by atoms with Gasteiger partial charge in [0.05, 0.1) is 6.54 Å². The SMILES string of the molecule is NCC#Cc1ccc(F)c(CNC(=O)CC2CC2)c1. The number of benzene rings is 1. The second kappa shape index (κ2) is 6.35. The Balaban J connectivity index is 1.95. The van der Waals surface area contributed by atoms with E-state index in [1.165, 1.54) is 6.07 Å². The first-order chi connectivity index (χ1) is 9.19. The lowest BCUT2D eigenvalue weighted by molar-refractivity contribution is -0.121. The van der Waals surface area contributed by atoms with Crippen LogP contribution in [0.1, 0.15) is 30.4 Å². The number of nitrogens with one attached hydrogen (secondary N) is 1. The zero-order valence-corrected chi connectivity index (χ0v) is 10.7. The molecule has 1 aromatic carbocycles. The monoisotopic (exact) mass is 260 g/mol. The molecule has 0 aliphatic heterocycles. The summed E-state index contributed by atoms with van der Waals surface area (Å²) >= 11 is 0. The van der Waals surface area contributed by atoms with Crippen LogP contribution in [0.4, 0.5) is 4.39 Å². The molecule has 0 saturated heterocycles. The van der Waals surface area contributed by atoms with Crippen LogP contribution in [0.3, 0.4) is 0 Å². The Hall–Kier alpha value is -1.86. The van der Waals surface area contributed by atoms with Gasteiger partial charge in [0.2, 0.25) is 5.91 Å². The normalized spacial score (nSPS) is 13.6. The van der Waals surface area contributed by atoms with E-state index >= 15 is 0 Å². The summed E-state index contributed by atoms with van der Waals surface area (Å²) in [6, 6.07) is 4.62. The average molecular weight is 260 g/mol. The molecule has 100 valence electrons. The van der Waals surface area contributed by atoms with Gasteiger partial charge in [-0.2, -0.15) is 0 Å². The highest BCUT2D eigenvalue weighted by Gasteiger charge is 2.24. The maximum atomic E-state index is 13.6. The van der Waals surface area contributed by atoms with E-state index in [9.17, 15) is 9.18 Å². The van der Waals surface area contributed by atoms with Crippen molar-refractivity contribution in [2.45, 2.75) is 25.8 Å². The number of halogens is 1. The molecular weight excluding hydrogens is 243 g/mol. The number of hydrogen-bond donors (Lipinski definition) is 2. The van der Waals surface area contributed by atoms with E-state index in [1.54, 1.807) is 12.1 Å². The lowest BCUT2D eigenvalue weighted by atomic mass is 10.1. The maximum Gasteiger partial charge on any atom is 0.220 e. The summed E-state index contributed by atoms with van der Waals surface area (Å²) in [6.45, 7) is 0.473. The molecule has 3 N–H and O–H groups in total. The third-order valence-corrected chi connectivity index (χ3v) is 3.03. The molecule has 2 rings (SSSR count). The molecule has 3 nitrogen and oxygen atoms in total. The van der Waals surface area contributed by atoms with Crippen LogP contribution in [0.2, 0.25) is 0 Å². The summed E-state index contributed by atoms with van der Waals surface area (Å²) in [7, 11) is 0. The fourth-order valence-electron chi connectivity index (χ4n) is 1.79. The number of amides is 1. The van der Waals surface area contributed by atoms with Crippen molar-refractivity contribution >= 4 is 5.91 Å². The maximum absolute atomic E-state index is 13.6. The van der Waals surface area contributed by atoms with Crippen molar-refractivity contribution in [1.29, 1.82) is 0 Å². The largest absolute Gasteiger partial charge is 0.352 e. The average Bonchev–Trinajstić information content (AvgIpc) is 3.20. The number of nitrogens with two attached hydrogens (primary N) is 1. The van der Waals surface area contributed by atoms with Gasteiger partial charge in [-0.15, -0.1) is 0 Å². The molecule has 1 aromatic rings. The van der Waals surface area contributed by atoms with E-state index in [0.29, 0.717) is 23.5 Å². The second-order valence-electron chi connectivity index (χ2n) is 4.74. The molecule has 1 saturated carbocycles. The van der Waals surface area contributed by atoms with E-state index in [-0.39, 0.29) is 24.8 Å². The Bertz CT molecular complexity index is 527. The number of carbonyl (C=O) groups is 1. The van der Waals surface area contributed by atoms with Gasteiger partial charge in [0.1, 0.15) is 5.82 Å². The van der Waals surface area contributed by atoms with Gasteiger partial charge in [-0.1, -0.05) is 11.8 Å². The summed E-state index contributed by atoms with van der Waals surface area (Å²) in [6.07, 6.45) is 2.81. The third kappa shape index (κ3) is 4.38. The molecule has 0 unspecified atom stereocenters. The van der Waals surface area contributed by atoms with Crippen molar-refractivity contribution in [1.82, 2.24) is 5.32 Å². The van der Waals surface area contributed by atoms with Gasteiger partial charge in [0, 0.05) is 24.1 Å². The molecule has 1 aliphatic carbocycles. The molecule has 1 amide bonds. The summed E-state index contributed by atoms with van der Waals surface area (Å²) in [4.78, 5) is 11.6. The first kappa shape index (κ1) is 13.6. The fourth-order valence-corrected chi connectivity index (χ4v) is 1.79. The lowest BCUT2D eigenvalue weighted by Crippen LogP contribution is -2.23. The zero-order valence-electron chi connectivity index (χ0n) is 10.7. The molecule has 0 spiro atoms. The molecule has 0 heterocycles. The topological polar surface area (TPSA) is 55.1 Å². The minimum Gasteiger partial charge on any atom is -0.352 e. The quantitative estimate of drug-likeness (QED) is 0.807. The van der Waals surface area contributed by atoms with Gasteiger partial charge in [-0.25, -0.2) is 4.39 Å². The lowest BCUT2D eigenvalue weighted by Gasteiger charge is -2.06.